The van der Waals surface area contributed by atoms with Crippen LogP contribution in [-0.2, 0) is 17.2 Å². The minimum absolute atomic E-state index is 0.176. The van der Waals surface area contributed by atoms with E-state index < -0.39 is 22.8 Å². The number of fused-ring (bicyclic) bond motifs is 8. The fraction of sp³-hybridized carbons (Fsp3) is 0.213. The van der Waals surface area contributed by atoms with Crippen molar-refractivity contribution in [2.24, 2.45) is 0 Å². The molecule has 6 aromatic rings. The molecule has 2 aliphatic rings. The van der Waals surface area contributed by atoms with Crippen molar-refractivity contribution in [3.05, 3.63) is 166 Å². The largest absolute Gasteiger partial charge is 0.494 e. The molecule has 0 spiro atoms. The van der Waals surface area contributed by atoms with E-state index in [-0.39, 0.29) is 5.91 Å². The third-order valence-corrected chi connectivity index (χ3v) is 10.9. The quantitative estimate of drug-likeness (QED) is 0.147. The van der Waals surface area contributed by atoms with E-state index in [1.165, 1.54) is 6.07 Å². The third-order valence-electron chi connectivity index (χ3n) is 10.9. The van der Waals surface area contributed by atoms with Crippen LogP contribution in [0.1, 0.15) is 77.4 Å². The van der Waals surface area contributed by atoms with Gasteiger partial charge in [0.05, 0.1) is 12.2 Å². The Morgan fingerprint density at radius 3 is 2.19 bits per heavy atom. The molecule has 6 aromatic carbocycles. The topological polar surface area (TPSA) is 38.8 Å². The van der Waals surface area contributed by atoms with Crippen molar-refractivity contribution >= 4 is 28.4 Å². The molecule has 0 saturated carbocycles. The van der Waals surface area contributed by atoms with Crippen molar-refractivity contribution in [3.8, 4) is 22.6 Å². The first kappa shape index (κ1) is 35.2. The number of ether oxygens (including phenoxy) is 2. The number of amides is 1. The number of hydrogen-bond acceptors (Lipinski definition) is 3. The molecule has 1 amide bonds. The summed E-state index contributed by atoms with van der Waals surface area (Å²) >= 11 is 0. The molecule has 54 heavy (non-hydrogen) atoms. The van der Waals surface area contributed by atoms with Crippen LogP contribution in [0.5, 0.6) is 11.5 Å². The van der Waals surface area contributed by atoms with Crippen LogP contribution in [0.4, 0.5) is 18.9 Å². The Morgan fingerprint density at radius 2 is 1.50 bits per heavy atom. The maximum atomic E-state index is 14.2. The highest BCUT2D eigenvalue weighted by Gasteiger charge is 2.45. The molecule has 1 unspecified atom stereocenters. The van der Waals surface area contributed by atoms with Crippen molar-refractivity contribution in [3.63, 3.8) is 0 Å². The number of anilines is 1. The standard InChI is InChI=1S/C47H40F3NO3/c1-5-6-27-53-35-21-17-32(18-22-35)46(31-15-11-8-12-16-31)26-25-38-42-41(37-23-19-33(47(48,49)50)28-40(37)45(42,2)3)39-29-34(20-24-36(39)43(38)54-46)51(4)44(52)30-13-9-7-10-14-30/h7-26,28-29H,5-6,27H2,1-4H3. The van der Waals surface area contributed by atoms with Crippen LogP contribution in [0.15, 0.2) is 127 Å². The average Bonchev–Trinajstić information content (AvgIpc) is 3.43. The molecule has 0 N–H and O–H groups in total. The molecule has 1 aliphatic heterocycles. The van der Waals surface area contributed by atoms with Gasteiger partial charge in [0.25, 0.3) is 5.91 Å². The van der Waals surface area contributed by atoms with Crippen molar-refractivity contribution in [2.75, 3.05) is 18.6 Å². The molecule has 1 heterocycles. The lowest BCUT2D eigenvalue weighted by molar-refractivity contribution is -0.137. The van der Waals surface area contributed by atoms with E-state index in [1.807, 2.05) is 105 Å². The van der Waals surface area contributed by atoms with Crippen molar-refractivity contribution in [2.45, 2.75) is 50.8 Å². The van der Waals surface area contributed by atoms with Crippen LogP contribution in [0, 0.1) is 0 Å². The number of carbonyl (C=O) groups is 1. The van der Waals surface area contributed by atoms with Crippen LogP contribution < -0.4 is 14.4 Å². The van der Waals surface area contributed by atoms with Gasteiger partial charge in [-0.25, -0.2) is 0 Å². The van der Waals surface area contributed by atoms with Crippen LogP contribution in [0.3, 0.4) is 0 Å². The Bertz CT molecular complexity index is 2420. The molecule has 0 aromatic heterocycles. The number of alkyl halides is 3. The Kier molecular flexibility index (Phi) is 8.63. The van der Waals surface area contributed by atoms with Gasteiger partial charge in [0.2, 0.25) is 0 Å². The lowest BCUT2D eigenvalue weighted by Gasteiger charge is -2.38. The predicted molar refractivity (Wildman–Crippen MR) is 209 cm³/mol. The normalized spacial score (nSPS) is 16.6. The molecule has 1 aliphatic carbocycles. The van der Waals surface area contributed by atoms with E-state index in [1.54, 1.807) is 30.1 Å². The lowest BCUT2D eigenvalue weighted by atomic mass is 9.76. The van der Waals surface area contributed by atoms with E-state index in [9.17, 15) is 18.0 Å². The monoisotopic (exact) mass is 723 g/mol. The SMILES string of the molecule is CCCCOc1ccc(C2(c3ccccc3)C=Cc3c4c(c5cc(N(C)C(=O)c6ccccc6)ccc5c3O2)-c2ccc(C(F)(F)F)cc2C4(C)C)cc1. The molecular weight excluding hydrogens is 684 g/mol. The summed E-state index contributed by atoms with van der Waals surface area (Å²) in [7, 11) is 1.73. The molecule has 0 fully saturated rings. The van der Waals surface area contributed by atoms with E-state index in [0.717, 1.165) is 68.8 Å². The molecule has 0 bridgehead atoms. The summed E-state index contributed by atoms with van der Waals surface area (Å²) in [5.74, 6) is 1.22. The summed E-state index contributed by atoms with van der Waals surface area (Å²) in [5.41, 5.74) is 4.34. The minimum Gasteiger partial charge on any atom is -0.494 e. The molecule has 0 radical (unpaired) electrons. The van der Waals surface area contributed by atoms with Crippen molar-refractivity contribution < 1.29 is 27.4 Å². The van der Waals surface area contributed by atoms with Crippen LogP contribution in [0.2, 0.25) is 0 Å². The number of halogens is 3. The highest BCUT2D eigenvalue weighted by Crippen LogP contribution is 2.59. The number of rotatable bonds is 8. The number of nitrogens with zero attached hydrogens (tertiary/aromatic N) is 1. The predicted octanol–water partition coefficient (Wildman–Crippen LogP) is 12.0. The Balaban J connectivity index is 1.36. The second-order valence-electron chi connectivity index (χ2n) is 14.6. The minimum atomic E-state index is -4.50. The van der Waals surface area contributed by atoms with Gasteiger partial charge >= 0.3 is 6.18 Å². The number of benzene rings is 6. The van der Waals surface area contributed by atoms with Gasteiger partial charge in [0.15, 0.2) is 5.60 Å². The van der Waals surface area contributed by atoms with Crippen molar-refractivity contribution in [1.29, 1.82) is 0 Å². The molecule has 1 atom stereocenters. The first-order valence-electron chi connectivity index (χ1n) is 18.3. The van der Waals surface area contributed by atoms with E-state index in [0.29, 0.717) is 29.2 Å². The molecule has 7 heteroatoms. The molecule has 8 rings (SSSR count). The number of carbonyl (C=O) groups excluding carboxylic acids is 1. The molecular formula is C47H40F3NO3. The zero-order chi connectivity index (χ0) is 37.8. The molecule has 0 saturated heterocycles. The lowest BCUT2D eigenvalue weighted by Crippen LogP contribution is -2.35. The smallest absolute Gasteiger partial charge is 0.416 e. The Labute approximate surface area is 313 Å². The van der Waals surface area contributed by atoms with Gasteiger partial charge in [-0.1, -0.05) is 100.0 Å². The molecule has 4 nitrogen and oxygen atoms in total. The highest BCUT2D eigenvalue weighted by atomic mass is 19.4. The fourth-order valence-corrected chi connectivity index (χ4v) is 8.05. The zero-order valence-electron chi connectivity index (χ0n) is 30.6. The summed E-state index contributed by atoms with van der Waals surface area (Å²) in [6, 6.07) is 36.9. The third kappa shape index (κ3) is 5.74. The van der Waals surface area contributed by atoms with Crippen LogP contribution in [0.25, 0.3) is 28.0 Å². The summed E-state index contributed by atoms with van der Waals surface area (Å²) in [4.78, 5) is 15.3. The van der Waals surface area contributed by atoms with E-state index >= 15 is 0 Å². The van der Waals surface area contributed by atoms with Gasteiger partial charge in [-0.3, -0.25) is 4.79 Å². The second kappa shape index (κ2) is 13.2. The summed E-state index contributed by atoms with van der Waals surface area (Å²) in [6.45, 7) is 6.71. The maximum absolute atomic E-state index is 14.2. The fourth-order valence-electron chi connectivity index (χ4n) is 8.05. The van der Waals surface area contributed by atoms with Gasteiger partial charge in [-0.05, 0) is 94.7 Å². The Hall–Kier alpha value is -5.82. The zero-order valence-corrected chi connectivity index (χ0v) is 30.6. The number of hydrogen-bond donors (Lipinski definition) is 0. The average molecular weight is 724 g/mol. The highest BCUT2D eigenvalue weighted by molar-refractivity contribution is 6.12. The Morgan fingerprint density at radius 1 is 0.815 bits per heavy atom. The van der Waals surface area contributed by atoms with Crippen molar-refractivity contribution in [1.82, 2.24) is 0 Å². The molecule has 272 valence electrons. The van der Waals surface area contributed by atoms with E-state index in [2.05, 4.69) is 19.1 Å². The maximum Gasteiger partial charge on any atom is 0.416 e. The van der Waals surface area contributed by atoms with Gasteiger partial charge in [-0.15, -0.1) is 0 Å². The second-order valence-corrected chi connectivity index (χ2v) is 14.6. The number of unbranched alkanes of at least 4 members (excludes halogenated alkanes) is 1. The van der Waals surface area contributed by atoms with Gasteiger partial charge in [0.1, 0.15) is 11.5 Å². The van der Waals surface area contributed by atoms with Crippen LogP contribution >= 0.6 is 0 Å². The van der Waals surface area contributed by atoms with Crippen LogP contribution in [-0.4, -0.2) is 19.6 Å². The first-order chi connectivity index (χ1) is 25.9. The first-order valence-corrected chi connectivity index (χ1v) is 18.3. The summed E-state index contributed by atoms with van der Waals surface area (Å²) in [6.07, 6.45) is 1.64. The summed E-state index contributed by atoms with van der Waals surface area (Å²) < 4.78 is 55.8. The summed E-state index contributed by atoms with van der Waals surface area (Å²) in [5, 5.41) is 1.58. The van der Waals surface area contributed by atoms with Gasteiger partial charge in [-0.2, -0.15) is 13.2 Å². The van der Waals surface area contributed by atoms with E-state index in [4.69, 9.17) is 9.47 Å². The van der Waals surface area contributed by atoms with Gasteiger partial charge in [0, 0.05) is 45.8 Å². The van der Waals surface area contributed by atoms with Gasteiger partial charge < -0.3 is 14.4 Å².